The third kappa shape index (κ3) is 4.67. The van der Waals surface area contributed by atoms with Crippen LogP contribution in [0.1, 0.15) is 39.0 Å². The van der Waals surface area contributed by atoms with Gasteiger partial charge in [0.15, 0.2) is 11.5 Å². The number of fused-ring (bicyclic) bond motifs is 1. The van der Waals surface area contributed by atoms with Gasteiger partial charge in [-0.05, 0) is 31.5 Å². The van der Waals surface area contributed by atoms with Crippen molar-refractivity contribution in [3.05, 3.63) is 18.2 Å². The Morgan fingerprint density at radius 1 is 1.13 bits per heavy atom. The SMILES string of the molecule is CCN(CCOc1cccc2c1OCCO2)C1CCCCC1.[Cl-]. The van der Waals surface area contributed by atoms with Crippen LogP contribution >= 0.6 is 0 Å². The molecule has 5 heteroatoms. The number of benzene rings is 1. The highest BCUT2D eigenvalue weighted by atomic mass is 35.5. The summed E-state index contributed by atoms with van der Waals surface area (Å²) < 4.78 is 17.3. The van der Waals surface area contributed by atoms with Gasteiger partial charge in [0.25, 0.3) is 0 Å². The first-order valence-electron chi connectivity index (χ1n) is 8.64. The summed E-state index contributed by atoms with van der Waals surface area (Å²) in [5, 5.41) is 0. The van der Waals surface area contributed by atoms with Crippen molar-refractivity contribution in [3.63, 3.8) is 0 Å². The van der Waals surface area contributed by atoms with Gasteiger partial charge in [0.1, 0.15) is 19.8 Å². The van der Waals surface area contributed by atoms with Crippen LogP contribution in [0.5, 0.6) is 17.2 Å². The molecule has 1 aromatic rings. The first-order valence-corrected chi connectivity index (χ1v) is 8.64. The average molecular weight is 341 g/mol. The van der Waals surface area contributed by atoms with Crippen LogP contribution in [-0.4, -0.2) is 43.9 Å². The molecule has 0 amide bonds. The van der Waals surface area contributed by atoms with Crippen molar-refractivity contribution in [1.29, 1.82) is 0 Å². The smallest absolute Gasteiger partial charge is 0.203 e. The zero-order valence-corrected chi connectivity index (χ0v) is 14.7. The third-order valence-electron chi connectivity index (χ3n) is 4.66. The number of nitrogens with zero attached hydrogens (tertiary/aromatic N) is 1. The first-order chi connectivity index (χ1) is 10.9. The fourth-order valence-corrected chi connectivity index (χ4v) is 3.48. The lowest BCUT2D eigenvalue weighted by molar-refractivity contribution is -0.00000557. The van der Waals surface area contributed by atoms with E-state index in [1.54, 1.807) is 0 Å². The van der Waals surface area contributed by atoms with Crippen LogP contribution in [0, 0.1) is 0 Å². The predicted octanol–water partition coefficient (Wildman–Crippen LogP) is 0.495. The number of para-hydroxylation sites is 1. The molecule has 0 unspecified atom stereocenters. The molecule has 0 spiro atoms. The lowest BCUT2D eigenvalue weighted by Gasteiger charge is -2.33. The average Bonchev–Trinajstić information content (AvgIpc) is 2.59. The fraction of sp³-hybridized carbons (Fsp3) is 0.667. The maximum Gasteiger partial charge on any atom is 0.203 e. The van der Waals surface area contributed by atoms with Gasteiger partial charge >= 0.3 is 0 Å². The normalized spacial score (nSPS) is 17.7. The third-order valence-corrected chi connectivity index (χ3v) is 4.66. The van der Waals surface area contributed by atoms with Crippen molar-refractivity contribution < 1.29 is 26.6 Å². The summed E-state index contributed by atoms with van der Waals surface area (Å²) in [5.41, 5.74) is 0. The number of hydrogen-bond donors (Lipinski definition) is 0. The van der Waals surface area contributed by atoms with Crippen molar-refractivity contribution in [2.45, 2.75) is 45.1 Å². The van der Waals surface area contributed by atoms with Crippen molar-refractivity contribution in [3.8, 4) is 17.2 Å². The van der Waals surface area contributed by atoms with Gasteiger partial charge in [0, 0.05) is 12.6 Å². The number of hydrogen-bond acceptors (Lipinski definition) is 4. The van der Waals surface area contributed by atoms with Crippen molar-refractivity contribution in [2.75, 3.05) is 32.9 Å². The van der Waals surface area contributed by atoms with Gasteiger partial charge in [-0.1, -0.05) is 32.3 Å². The quantitative estimate of drug-likeness (QED) is 0.754. The zero-order chi connectivity index (χ0) is 15.2. The van der Waals surface area contributed by atoms with Crippen molar-refractivity contribution in [2.24, 2.45) is 0 Å². The Balaban J connectivity index is 0.00000192. The van der Waals surface area contributed by atoms with Crippen LogP contribution in [0.15, 0.2) is 18.2 Å². The Morgan fingerprint density at radius 2 is 1.91 bits per heavy atom. The lowest BCUT2D eigenvalue weighted by atomic mass is 9.94. The summed E-state index contributed by atoms with van der Waals surface area (Å²) in [6, 6.07) is 6.60. The molecule has 3 rings (SSSR count). The summed E-state index contributed by atoms with van der Waals surface area (Å²) >= 11 is 0. The van der Waals surface area contributed by atoms with E-state index in [0.717, 1.165) is 36.4 Å². The highest BCUT2D eigenvalue weighted by Gasteiger charge is 2.20. The van der Waals surface area contributed by atoms with Gasteiger partial charge in [-0.25, -0.2) is 0 Å². The lowest BCUT2D eigenvalue weighted by Crippen LogP contribution is -3.00. The van der Waals surface area contributed by atoms with Gasteiger partial charge < -0.3 is 26.6 Å². The van der Waals surface area contributed by atoms with E-state index in [2.05, 4.69) is 11.8 Å². The number of rotatable bonds is 6. The first kappa shape index (κ1) is 18.2. The van der Waals surface area contributed by atoms with E-state index in [0.29, 0.717) is 19.8 Å². The van der Waals surface area contributed by atoms with E-state index in [1.165, 1.54) is 32.1 Å². The van der Waals surface area contributed by atoms with Crippen LogP contribution in [-0.2, 0) is 0 Å². The Labute approximate surface area is 145 Å². The topological polar surface area (TPSA) is 30.9 Å². The number of ether oxygens (including phenoxy) is 3. The predicted molar refractivity (Wildman–Crippen MR) is 87.0 cm³/mol. The molecule has 0 bridgehead atoms. The Kier molecular flexibility index (Phi) is 7.31. The molecule has 1 aliphatic heterocycles. The highest BCUT2D eigenvalue weighted by molar-refractivity contribution is 5.51. The fourth-order valence-electron chi connectivity index (χ4n) is 3.48. The second-order valence-electron chi connectivity index (χ2n) is 6.05. The molecule has 2 aliphatic rings. The van der Waals surface area contributed by atoms with Crippen LogP contribution in [0.2, 0.25) is 0 Å². The minimum Gasteiger partial charge on any atom is -1.00 e. The number of halogens is 1. The van der Waals surface area contributed by atoms with E-state index in [9.17, 15) is 0 Å². The minimum atomic E-state index is 0. The largest absolute Gasteiger partial charge is 1.00 e. The maximum atomic E-state index is 5.98. The van der Waals surface area contributed by atoms with Crippen molar-refractivity contribution in [1.82, 2.24) is 4.90 Å². The highest BCUT2D eigenvalue weighted by Crippen LogP contribution is 2.38. The molecule has 0 aromatic heterocycles. The second kappa shape index (κ2) is 9.24. The molecule has 1 fully saturated rings. The number of likely N-dealkylation sites (N-methyl/N-ethyl adjacent to an activating group) is 1. The Bertz CT molecular complexity index is 477. The molecule has 1 heterocycles. The maximum absolute atomic E-state index is 5.98. The summed E-state index contributed by atoms with van der Waals surface area (Å²) in [4.78, 5) is 2.56. The minimum absolute atomic E-state index is 0. The molecule has 1 saturated carbocycles. The molecular formula is C18H27ClNO3-. The molecule has 0 N–H and O–H groups in total. The van der Waals surface area contributed by atoms with Crippen LogP contribution < -0.4 is 26.6 Å². The van der Waals surface area contributed by atoms with Crippen LogP contribution in [0.3, 0.4) is 0 Å². The van der Waals surface area contributed by atoms with E-state index < -0.39 is 0 Å². The molecule has 4 nitrogen and oxygen atoms in total. The van der Waals surface area contributed by atoms with Gasteiger partial charge in [-0.2, -0.15) is 0 Å². The second-order valence-corrected chi connectivity index (χ2v) is 6.05. The summed E-state index contributed by atoms with van der Waals surface area (Å²) in [7, 11) is 0. The van der Waals surface area contributed by atoms with Gasteiger partial charge in [0.2, 0.25) is 5.75 Å². The van der Waals surface area contributed by atoms with E-state index in [-0.39, 0.29) is 12.4 Å². The molecule has 0 radical (unpaired) electrons. The van der Waals surface area contributed by atoms with Gasteiger partial charge in [0.05, 0.1) is 0 Å². The van der Waals surface area contributed by atoms with Gasteiger partial charge in [-0.15, -0.1) is 0 Å². The summed E-state index contributed by atoms with van der Waals surface area (Å²) in [6.45, 7) is 6.23. The van der Waals surface area contributed by atoms with E-state index >= 15 is 0 Å². The molecule has 0 atom stereocenters. The molecule has 0 saturated heterocycles. The van der Waals surface area contributed by atoms with Crippen LogP contribution in [0.4, 0.5) is 0 Å². The molecule has 1 aromatic carbocycles. The van der Waals surface area contributed by atoms with Crippen LogP contribution in [0.25, 0.3) is 0 Å². The zero-order valence-electron chi connectivity index (χ0n) is 13.9. The molecular weight excluding hydrogens is 314 g/mol. The Hall–Kier alpha value is -1.13. The molecule has 23 heavy (non-hydrogen) atoms. The standard InChI is InChI=1S/C18H27NO3.ClH/c1-2-19(15-7-4-3-5-8-15)11-12-20-16-9-6-10-17-18(16)22-14-13-21-17;/h6,9-10,15H,2-5,7-8,11-14H2,1H3;1H/p-1. The Morgan fingerprint density at radius 3 is 2.70 bits per heavy atom. The van der Waals surface area contributed by atoms with Crippen molar-refractivity contribution >= 4 is 0 Å². The monoisotopic (exact) mass is 340 g/mol. The van der Waals surface area contributed by atoms with E-state index in [1.807, 2.05) is 18.2 Å². The summed E-state index contributed by atoms with van der Waals surface area (Å²) in [6.07, 6.45) is 6.83. The van der Waals surface area contributed by atoms with E-state index in [4.69, 9.17) is 14.2 Å². The summed E-state index contributed by atoms with van der Waals surface area (Å²) in [5.74, 6) is 2.36. The molecule has 130 valence electrons. The van der Waals surface area contributed by atoms with Gasteiger partial charge in [-0.3, -0.25) is 4.90 Å². The molecule has 1 aliphatic carbocycles.